The van der Waals surface area contributed by atoms with Gasteiger partial charge in [0.1, 0.15) is 0 Å². The van der Waals surface area contributed by atoms with Crippen LogP contribution < -0.4 is 0 Å². The second kappa shape index (κ2) is 4.50. The highest BCUT2D eigenvalue weighted by Gasteiger charge is 2.25. The van der Waals surface area contributed by atoms with Crippen LogP contribution in [0.3, 0.4) is 0 Å². The van der Waals surface area contributed by atoms with Gasteiger partial charge in [0.05, 0.1) is 10.8 Å². The molecule has 4 rings (SSSR count). The molecule has 0 fully saturated rings. The smallest absolute Gasteiger partial charge is 0.0535 e. The Morgan fingerprint density at radius 2 is 2.00 bits per heavy atom. The molecule has 0 saturated carbocycles. The molecule has 0 aliphatic carbocycles. The third-order valence-electron chi connectivity index (χ3n) is 3.91. The third-order valence-corrected chi connectivity index (χ3v) is 6.74. The van der Waals surface area contributed by atoms with Crippen LogP contribution in [0.2, 0.25) is 0 Å². The third kappa shape index (κ3) is 1.96. The normalized spacial score (nSPS) is 24.2. The first-order valence-corrected chi connectivity index (χ1v) is 8.77. The fraction of sp³-hybridized carbons (Fsp3) is 0.250. The lowest BCUT2D eigenvalue weighted by atomic mass is 10.0. The predicted octanol–water partition coefficient (Wildman–Crippen LogP) is 3.74. The minimum absolute atomic E-state index is 0.525. The van der Waals surface area contributed by atoms with Crippen LogP contribution in [0.5, 0.6) is 0 Å². The van der Waals surface area contributed by atoms with Gasteiger partial charge in [-0.15, -0.1) is 11.8 Å². The lowest BCUT2D eigenvalue weighted by Gasteiger charge is -2.10. The van der Waals surface area contributed by atoms with Gasteiger partial charge in [-0.05, 0) is 41.7 Å². The molecule has 0 saturated heterocycles. The van der Waals surface area contributed by atoms with E-state index in [-0.39, 0.29) is 0 Å². The SMILES string of the molecule is O=S1CCc2cc(C3Cc4ccccc4S3)ccc21. The molecule has 0 radical (unpaired) electrons. The van der Waals surface area contributed by atoms with Gasteiger partial charge in [0.2, 0.25) is 0 Å². The van der Waals surface area contributed by atoms with Crippen molar-refractivity contribution in [2.24, 2.45) is 0 Å². The van der Waals surface area contributed by atoms with Gasteiger partial charge in [-0.1, -0.05) is 30.3 Å². The Bertz CT molecular complexity index is 653. The highest BCUT2D eigenvalue weighted by atomic mass is 32.2. The molecule has 2 unspecified atom stereocenters. The molecule has 96 valence electrons. The molecular weight excluding hydrogens is 272 g/mol. The maximum absolute atomic E-state index is 11.8. The van der Waals surface area contributed by atoms with E-state index >= 15 is 0 Å². The number of hydrogen-bond acceptors (Lipinski definition) is 2. The lowest BCUT2D eigenvalue weighted by molar-refractivity contribution is 0.685. The van der Waals surface area contributed by atoms with E-state index in [1.807, 2.05) is 11.8 Å². The van der Waals surface area contributed by atoms with Gasteiger partial charge in [-0.2, -0.15) is 0 Å². The highest BCUT2D eigenvalue weighted by molar-refractivity contribution is 7.99. The summed E-state index contributed by atoms with van der Waals surface area (Å²) in [6.07, 6.45) is 2.09. The number of rotatable bonds is 1. The molecule has 2 atom stereocenters. The summed E-state index contributed by atoms with van der Waals surface area (Å²) in [5, 5.41) is 0.525. The molecule has 2 aromatic carbocycles. The van der Waals surface area contributed by atoms with Crippen LogP contribution in [0, 0.1) is 0 Å². The van der Waals surface area contributed by atoms with Crippen LogP contribution >= 0.6 is 11.8 Å². The Morgan fingerprint density at radius 3 is 2.89 bits per heavy atom. The number of benzene rings is 2. The zero-order valence-electron chi connectivity index (χ0n) is 10.5. The van der Waals surface area contributed by atoms with Crippen LogP contribution in [0.4, 0.5) is 0 Å². The van der Waals surface area contributed by atoms with Gasteiger partial charge >= 0.3 is 0 Å². The van der Waals surface area contributed by atoms with Gasteiger partial charge in [0.15, 0.2) is 0 Å². The van der Waals surface area contributed by atoms with E-state index in [1.165, 1.54) is 21.6 Å². The lowest BCUT2D eigenvalue weighted by Crippen LogP contribution is -1.94. The first-order valence-electron chi connectivity index (χ1n) is 6.57. The Morgan fingerprint density at radius 1 is 1.11 bits per heavy atom. The van der Waals surface area contributed by atoms with Crippen molar-refractivity contribution < 1.29 is 4.21 Å². The predicted molar refractivity (Wildman–Crippen MR) is 80.2 cm³/mol. The van der Waals surface area contributed by atoms with Crippen LogP contribution in [0.25, 0.3) is 0 Å². The minimum atomic E-state index is -0.754. The molecule has 2 aromatic rings. The summed E-state index contributed by atoms with van der Waals surface area (Å²) in [6.45, 7) is 0. The maximum Gasteiger partial charge on any atom is 0.0535 e. The monoisotopic (exact) mass is 286 g/mol. The van der Waals surface area contributed by atoms with E-state index in [1.54, 1.807) is 0 Å². The summed E-state index contributed by atoms with van der Waals surface area (Å²) in [4.78, 5) is 2.47. The van der Waals surface area contributed by atoms with Crippen molar-refractivity contribution in [3.63, 3.8) is 0 Å². The molecule has 19 heavy (non-hydrogen) atoms. The molecular formula is C16H14OS2. The van der Waals surface area contributed by atoms with E-state index in [9.17, 15) is 4.21 Å². The average Bonchev–Trinajstić information content (AvgIpc) is 3.02. The summed E-state index contributed by atoms with van der Waals surface area (Å²) in [6, 6.07) is 15.2. The largest absolute Gasteiger partial charge is 0.254 e. The van der Waals surface area contributed by atoms with Crippen molar-refractivity contribution in [3.05, 3.63) is 59.2 Å². The summed E-state index contributed by atoms with van der Waals surface area (Å²) in [5.41, 5.74) is 4.15. The number of hydrogen-bond donors (Lipinski definition) is 0. The topological polar surface area (TPSA) is 17.1 Å². The van der Waals surface area contributed by atoms with E-state index in [4.69, 9.17) is 0 Å². The molecule has 1 nitrogen and oxygen atoms in total. The van der Waals surface area contributed by atoms with E-state index in [0.717, 1.165) is 23.5 Å². The molecule has 2 aliphatic heterocycles. The minimum Gasteiger partial charge on any atom is -0.254 e. The molecule has 0 N–H and O–H groups in total. The molecule has 0 spiro atoms. The van der Waals surface area contributed by atoms with Gasteiger partial charge in [-0.3, -0.25) is 4.21 Å². The average molecular weight is 286 g/mol. The van der Waals surface area contributed by atoms with Gasteiger partial charge in [0.25, 0.3) is 0 Å². The quantitative estimate of drug-likeness (QED) is 0.794. The summed E-state index contributed by atoms with van der Waals surface area (Å²) >= 11 is 1.96. The first-order chi connectivity index (χ1) is 9.31. The van der Waals surface area contributed by atoms with Crippen LogP contribution in [-0.2, 0) is 23.6 Å². The Labute approximate surface area is 119 Å². The summed E-state index contributed by atoms with van der Waals surface area (Å²) in [7, 11) is -0.754. The first kappa shape index (κ1) is 11.7. The van der Waals surface area contributed by atoms with Crippen LogP contribution in [0.1, 0.15) is 21.9 Å². The molecule has 2 aliphatic rings. The Kier molecular flexibility index (Phi) is 2.78. The van der Waals surface area contributed by atoms with Gasteiger partial charge < -0.3 is 0 Å². The van der Waals surface area contributed by atoms with Crippen molar-refractivity contribution in [2.45, 2.75) is 27.9 Å². The molecule has 0 amide bonds. The van der Waals surface area contributed by atoms with E-state index < -0.39 is 10.8 Å². The van der Waals surface area contributed by atoms with E-state index in [0.29, 0.717) is 5.25 Å². The molecule has 0 aromatic heterocycles. The highest BCUT2D eigenvalue weighted by Crippen LogP contribution is 2.46. The molecule has 0 bridgehead atoms. The fourth-order valence-corrected chi connectivity index (χ4v) is 5.51. The number of aryl methyl sites for hydroxylation is 1. The second-order valence-electron chi connectivity index (χ2n) is 5.09. The number of thioether (sulfide) groups is 1. The van der Waals surface area contributed by atoms with Crippen molar-refractivity contribution in [2.75, 3.05) is 5.75 Å². The van der Waals surface area contributed by atoms with Gasteiger partial charge in [-0.25, -0.2) is 0 Å². The van der Waals surface area contributed by atoms with Gasteiger partial charge in [0, 0.05) is 20.8 Å². The Balaban J connectivity index is 1.67. The van der Waals surface area contributed by atoms with Crippen molar-refractivity contribution in [3.8, 4) is 0 Å². The Hall–Kier alpha value is -1.06. The number of fused-ring (bicyclic) bond motifs is 2. The summed E-state index contributed by atoms with van der Waals surface area (Å²) in [5.74, 6) is 0.802. The second-order valence-corrected chi connectivity index (χ2v) is 7.87. The van der Waals surface area contributed by atoms with Crippen LogP contribution in [0.15, 0.2) is 52.3 Å². The maximum atomic E-state index is 11.8. The standard InChI is InChI=1S/C16H14OS2/c17-19-8-7-13-9-12(5-6-16(13)19)15-10-11-3-1-2-4-14(11)18-15/h1-6,9,15H,7-8,10H2. The zero-order chi connectivity index (χ0) is 12.8. The van der Waals surface area contributed by atoms with Crippen molar-refractivity contribution in [1.82, 2.24) is 0 Å². The fourth-order valence-electron chi connectivity index (χ4n) is 2.90. The van der Waals surface area contributed by atoms with E-state index in [2.05, 4.69) is 42.5 Å². The molecule has 2 heterocycles. The van der Waals surface area contributed by atoms with Crippen molar-refractivity contribution in [1.29, 1.82) is 0 Å². The zero-order valence-corrected chi connectivity index (χ0v) is 12.1. The summed E-state index contributed by atoms with van der Waals surface area (Å²) < 4.78 is 11.8. The van der Waals surface area contributed by atoms with Crippen molar-refractivity contribution >= 4 is 22.6 Å². The van der Waals surface area contributed by atoms with Crippen LogP contribution in [-0.4, -0.2) is 9.96 Å². The molecule has 3 heteroatoms.